The van der Waals surface area contributed by atoms with E-state index in [0.717, 1.165) is 45.3 Å². The van der Waals surface area contributed by atoms with E-state index in [-0.39, 0.29) is 0 Å². The van der Waals surface area contributed by atoms with E-state index in [1.54, 1.807) is 0 Å². The van der Waals surface area contributed by atoms with E-state index in [1.165, 1.54) is 24.1 Å². The van der Waals surface area contributed by atoms with Crippen LogP contribution in [0.5, 0.6) is 0 Å². The zero-order valence-corrected chi connectivity index (χ0v) is 13.8. The van der Waals surface area contributed by atoms with Crippen molar-refractivity contribution in [3.8, 4) is 0 Å². The average molecular weight is 315 g/mol. The molecular weight excluding hydrogens is 290 g/mol. The predicted octanol–water partition coefficient (Wildman–Crippen LogP) is 1.68. The second-order valence-electron chi connectivity index (χ2n) is 7.08. The molecule has 0 spiro atoms. The van der Waals surface area contributed by atoms with E-state index in [0.29, 0.717) is 5.92 Å². The summed E-state index contributed by atoms with van der Waals surface area (Å²) in [6, 6.07) is 0. The number of hydrogen-bond donors (Lipinski definition) is 0. The van der Waals surface area contributed by atoms with Crippen molar-refractivity contribution >= 4 is 0 Å². The van der Waals surface area contributed by atoms with Crippen LogP contribution in [0.1, 0.15) is 24.1 Å². The Labute approximate surface area is 137 Å². The first-order valence-corrected chi connectivity index (χ1v) is 8.53. The molecule has 6 nitrogen and oxygen atoms in total. The van der Waals surface area contributed by atoms with Crippen molar-refractivity contribution in [3.63, 3.8) is 0 Å². The largest absolute Gasteiger partial charge is 0.381 e. The predicted molar refractivity (Wildman–Crippen MR) is 86.6 cm³/mol. The molecule has 1 aliphatic carbocycles. The molecule has 23 heavy (non-hydrogen) atoms. The van der Waals surface area contributed by atoms with Gasteiger partial charge in [-0.05, 0) is 18.8 Å². The van der Waals surface area contributed by atoms with Gasteiger partial charge < -0.3 is 9.30 Å². The van der Waals surface area contributed by atoms with Gasteiger partial charge in [-0.15, -0.1) is 0 Å². The van der Waals surface area contributed by atoms with Gasteiger partial charge in [-0.25, -0.2) is 4.98 Å². The van der Waals surface area contributed by atoms with Crippen molar-refractivity contribution in [2.45, 2.75) is 32.5 Å². The highest BCUT2D eigenvalue weighted by molar-refractivity contribution is 5.06. The molecule has 0 amide bonds. The van der Waals surface area contributed by atoms with Crippen molar-refractivity contribution in [1.82, 2.24) is 24.2 Å². The van der Waals surface area contributed by atoms with E-state index < -0.39 is 0 Å². The van der Waals surface area contributed by atoms with Crippen LogP contribution in [-0.4, -0.2) is 44.0 Å². The molecule has 0 N–H and O–H groups in total. The smallest absolute Gasteiger partial charge is 0.0948 e. The fourth-order valence-corrected chi connectivity index (χ4v) is 3.36. The molecule has 0 aromatic carbocycles. The van der Waals surface area contributed by atoms with Crippen molar-refractivity contribution in [3.05, 3.63) is 36.2 Å². The maximum atomic E-state index is 5.97. The topological polar surface area (TPSA) is 48.1 Å². The lowest BCUT2D eigenvalue weighted by Gasteiger charge is -2.23. The second kappa shape index (κ2) is 6.45. The quantitative estimate of drug-likeness (QED) is 0.814. The molecule has 1 atom stereocenters. The van der Waals surface area contributed by atoms with Crippen molar-refractivity contribution in [2.75, 3.05) is 19.8 Å². The van der Waals surface area contributed by atoms with Crippen LogP contribution < -0.4 is 0 Å². The minimum Gasteiger partial charge on any atom is -0.381 e. The zero-order chi connectivity index (χ0) is 15.6. The molecule has 2 aliphatic rings. The SMILES string of the molecule is Cn1cc(CN2Cc3cncn3C[C@@H](COCC3CC3)C2)cn1. The number of ether oxygens (including phenoxy) is 1. The highest BCUT2D eigenvalue weighted by Gasteiger charge is 2.25. The summed E-state index contributed by atoms with van der Waals surface area (Å²) in [5, 5.41) is 4.28. The molecule has 2 aromatic rings. The summed E-state index contributed by atoms with van der Waals surface area (Å²) in [6.45, 7) is 5.71. The molecular formula is C17H25N5O. The van der Waals surface area contributed by atoms with Gasteiger partial charge in [-0.3, -0.25) is 9.58 Å². The average Bonchev–Trinajstić information content (AvgIpc) is 3.16. The number of aryl methyl sites for hydroxylation is 1. The van der Waals surface area contributed by atoms with Gasteiger partial charge in [0.1, 0.15) is 0 Å². The normalized spacial score (nSPS) is 22.0. The van der Waals surface area contributed by atoms with Crippen molar-refractivity contribution in [2.24, 2.45) is 18.9 Å². The highest BCUT2D eigenvalue weighted by Crippen LogP contribution is 2.29. The molecule has 0 bridgehead atoms. The number of fused-ring (bicyclic) bond motifs is 1. The van der Waals surface area contributed by atoms with Gasteiger partial charge in [0.05, 0.1) is 24.8 Å². The molecule has 2 aromatic heterocycles. The van der Waals surface area contributed by atoms with Crippen LogP contribution in [0.4, 0.5) is 0 Å². The van der Waals surface area contributed by atoms with Crippen LogP contribution >= 0.6 is 0 Å². The lowest BCUT2D eigenvalue weighted by atomic mass is 10.1. The Bertz CT molecular complexity index is 645. The number of hydrogen-bond acceptors (Lipinski definition) is 4. The molecule has 1 fully saturated rings. The molecule has 1 saturated carbocycles. The summed E-state index contributed by atoms with van der Waals surface area (Å²) in [4.78, 5) is 6.81. The summed E-state index contributed by atoms with van der Waals surface area (Å²) in [5.74, 6) is 1.34. The van der Waals surface area contributed by atoms with Gasteiger partial charge in [0.25, 0.3) is 0 Å². The van der Waals surface area contributed by atoms with Gasteiger partial charge in [-0.2, -0.15) is 5.10 Å². The van der Waals surface area contributed by atoms with Crippen molar-refractivity contribution in [1.29, 1.82) is 0 Å². The van der Waals surface area contributed by atoms with Crippen LogP contribution in [0.2, 0.25) is 0 Å². The maximum Gasteiger partial charge on any atom is 0.0948 e. The second-order valence-corrected chi connectivity index (χ2v) is 7.08. The van der Waals surface area contributed by atoms with E-state index in [4.69, 9.17) is 4.74 Å². The Kier molecular flexibility index (Phi) is 4.18. The molecule has 3 heterocycles. The first-order valence-electron chi connectivity index (χ1n) is 8.53. The monoisotopic (exact) mass is 315 g/mol. The van der Waals surface area contributed by atoms with Crippen LogP contribution in [0.25, 0.3) is 0 Å². The Morgan fingerprint density at radius 1 is 1.17 bits per heavy atom. The first kappa shape index (κ1) is 14.9. The number of imidazole rings is 1. The van der Waals surface area contributed by atoms with Crippen molar-refractivity contribution < 1.29 is 4.74 Å². The summed E-state index contributed by atoms with van der Waals surface area (Å²) in [7, 11) is 1.97. The maximum absolute atomic E-state index is 5.97. The van der Waals surface area contributed by atoms with E-state index >= 15 is 0 Å². The molecule has 124 valence electrons. The summed E-state index contributed by atoms with van der Waals surface area (Å²) >= 11 is 0. The molecule has 6 heteroatoms. The standard InChI is InChI=1S/C17H25N5O/c1-20-6-15(4-19-20)7-21-8-16(12-23-11-14-2-3-14)9-22-13-18-5-17(22)10-21/h4-6,13-14,16H,2-3,7-12H2,1H3/t16-/m0/s1. The van der Waals surface area contributed by atoms with Gasteiger partial charge >= 0.3 is 0 Å². The van der Waals surface area contributed by atoms with E-state index in [1.807, 2.05) is 30.5 Å². The minimum absolute atomic E-state index is 0.515. The zero-order valence-electron chi connectivity index (χ0n) is 13.8. The fraction of sp³-hybridized carbons (Fsp3) is 0.647. The molecule has 0 radical (unpaired) electrons. The summed E-state index contributed by atoms with van der Waals surface area (Å²) < 4.78 is 10.1. The van der Waals surface area contributed by atoms with Gasteiger partial charge in [0, 0.05) is 63.7 Å². The van der Waals surface area contributed by atoms with Crippen LogP contribution in [-0.2, 0) is 31.4 Å². The Balaban J connectivity index is 1.42. The summed E-state index contributed by atoms with van der Waals surface area (Å²) in [5.41, 5.74) is 2.55. The molecule has 4 rings (SSSR count). The lowest BCUT2D eigenvalue weighted by Crippen LogP contribution is -2.30. The van der Waals surface area contributed by atoms with E-state index in [9.17, 15) is 0 Å². The van der Waals surface area contributed by atoms with Gasteiger partial charge in [0.2, 0.25) is 0 Å². The van der Waals surface area contributed by atoms with Crippen LogP contribution in [0, 0.1) is 11.8 Å². The first-order chi connectivity index (χ1) is 11.3. The van der Waals surface area contributed by atoms with Gasteiger partial charge in [-0.1, -0.05) is 0 Å². The summed E-state index contributed by atoms with van der Waals surface area (Å²) in [6.07, 6.45) is 10.7. The number of rotatable bonds is 6. The molecule has 1 aliphatic heterocycles. The van der Waals surface area contributed by atoms with E-state index in [2.05, 4.69) is 25.7 Å². The number of nitrogens with zero attached hydrogens (tertiary/aromatic N) is 5. The fourth-order valence-electron chi connectivity index (χ4n) is 3.36. The van der Waals surface area contributed by atoms with Crippen LogP contribution in [0.15, 0.2) is 24.9 Å². The highest BCUT2D eigenvalue weighted by atomic mass is 16.5. The lowest BCUT2D eigenvalue weighted by molar-refractivity contribution is 0.0705. The third kappa shape index (κ3) is 3.82. The third-order valence-corrected chi connectivity index (χ3v) is 4.72. The van der Waals surface area contributed by atoms with Crippen LogP contribution in [0.3, 0.4) is 0 Å². The Morgan fingerprint density at radius 2 is 2.04 bits per heavy atom. The van der Waals surface area contributed by atoms with Gasteiger partial charge in [0.15, 0.2) is 0 Å². The number of aromatic nitrogens is 4. The molecule has 0 unspecified atom stereocenters. The minimum atomic E-state index is 0.515. The molecule has 0 saturated heterocycles. The Hall–Kier alpha value is -1.66. The third-order valence-electron chi connectivity index (χ3n) is 4.72. The Morgan fingerprint density at radius 3 is 2.83 bits per heavy atom.